The number of ketones is 1. The minimum absolute atomic E-state index is 0.0719. The molecule has 15 heavy (non-hydrogen) atoms. The molecular weight excluding hydrogens is 228 g/mol. The maximum atomic E-state index is 11.2. The van der Waals surface area contributed by atoms with E-state index in [0.717, 1.165) is 16.4 Å². The van der Waals surface area contributed by atoms with Crippen LogP contribution >= 0.6 is 23.1 Å². The number of anilines is 1. The van der Waals surface area contributed by atoms with Crippen LogP contribution in [0.5, 0.6) is 0 Å². The van der Waals surface area contributed by atoms with Gasteiger partial charge in [-0.3, -0.25) is 4.79 Å². The molecular formula is C10H12N2OS2. The van der Waals surface area contributed by atoms with Crippen molar-refractivity contribution in [3.8, 4) is 6.07 Å². The second kappa shape index (κ2) is 5.19. The van der Waals surface area contributed by atoms with E-state index >= 15 is 0 Å². The monoisotopic (exact) mass is 240 g/mol. The van der Waals surface area contributed by atoms with Gasteiger partial charge in [0.1, 0.15) is 11.6 Å². The van der Waals surface area contributed by atoms with E-state index in [2.05, 4.69) is 13.0 Å². The summed E-state index contributed by atoms with van der Waals surface area (Å²) < 4.78 is 0.863. The smallest absolute Gasteiger partial charge is 0.171 e. The number of hydrogen-bond donors (Lipinski definition) is 1. The Morgan fingerprint density at radius 3 is 2.80 bits per heavy atom. The van der Waals surface area contributed by atoms with Crippen molar-refractivity contribution in [1.82, 2.24) is 0 Å². The Labute approximate surface area is 97.3 Å². The van der Waals surface area contributed by atoms with Gasteiger partial charge in [-0.2, -0.15) is 5.26 Å². The van der Waals surface area contributed by atoms with Crippen molar-refractivity contribution in [2.75, 3.05) is 11.5 Å². The van der Waals surface area contributed by atoms with Gasteiger partial charge >= 0.3 is 0 Å². The van der Waals surface area contributed by atoms with Crippen molar-refractivity contribution in [2.45, 2.75) is 24.5 Å². The fourth-order valence-corrected chi connectivity index (χ4v) is 3.31. The summed E-state index contributed by atoms with van der Waals surface area (Å²) in [5, 5.41) is 8.95. The molecule has 0 radical (unpaired) electrons. The highest BCUT2D eigenvalue weighted by atomic mass is 32.2. The van der Waals surface area contributed by atoms with Gasteiger partial charge in [-0.15, -0.1) is 23.1 Å². The number of carbonyl (C=O) groups is 1. The van der Waals surface area contributed by atoms with Crippen molar-refractivity contribution in [1.29, 1.82) is 5.26 Å². The Hall–Kier alpha value is -0.990. The Morgan fingerprint density at radius 1 is 1.67 bits per heavy atom. The lowest BCUT2D eigenvalue weighted by molar-refractivity contribution is 0.102. The van der Waals surface area contributed by atoms with Gasteiger partial charge in [0.2, 0.25) is 0 Å². The zero-order valence-electron chi connectivity index (χ0n) is 8.66. The lowest BCUT2D eigenvalue weighted by Gasteiger charge is -1.94. The Morgan fingerprint density at radius 2 is 2.33 bits per heavy atom. The number of nitriles is 1. The summed E-state index contributed by atoms with van der Waals surface area (Å²) in [5.41, 5.74) is 6.54. The first-order valence-corrected chi connectivity index (χ1v) is 6.38. The van der Waals surface area contributed by atoms with Gasteiger partial charge in [-0.1, -0.05) is 6.92 Å². The molecule has 0 amide bonds. The molecule has 1 aromatic heterocycles. The van der Waals surface area contributed by atoms with Crippen LogP contribution in [0.4, 0.5) is 5.69 Å². The second-order valence-electron chi connectivity index (χ2n) is 3.02. The molecule has 0 bridgehead atoms. The van der Waals surface area contributed by atoms with Crippen LogP contribution in [-0.4, -0.2) is 11.5 Å². The van der Waals surface area contributed by atoms with Gasteiger partial charge in [-0.25, -0.2) is 0 Å². The standard InChI is InChI=1S/C10H12N2OS2/c1-3-4-14-10-7(5-11)8(12)9(15-10)6(2)13/h3-4,12H2,1-2H3. The first kappa shape index (κ1) is 12.1. The van der Waals surface area contributed by atoms with E-state index in [-0.39, 0.29) is 5.78 Å². The van der Waals surface area contributed by atoms with E-state index in [1.165, 1.54) is 18.3 Å². The number of carbonyl (C=O) groups excluding carboxylic acids is 1. The number of hydrogen-bond acceptors (Lipinski definition) is 5. The summed E-state index contributed by atoms with van der Waals surface area (Å²) in [6.45, 7) is 3.54. The van der Waals surface area contributed by atoms with Crippen molar-refractivity contribution in [2.24, 2.45) is 0 Å². The van der Waals surface area contributed by atoms with Crippen LogP contribution in [0, 0.1) is 11.3 Å². The largest absolute Gasteiger partial charge is 0.396 e. The molecule has 80 valence electrons. The highest BCUT2D eigenvalue weighted by Crippen LogP contribution is 2.38. The summed E-state index contributed by atoms with van der Waals surface area (Å²) >= 11 is 2.91. The van der Waals surface area contributed by atoms with Crippen molar-refractivity contribution >= 4 is 34.6 Å². The molecule has 0 fully saturated rings. The highest BCUT2D eigenvalue weighted by molar-refractivity contribution is 8.01. The molecule has 0 saturated carbocycles. The number of nitrogens with zero attached hydrogens (tertiary/aromatic N) is 1. The summed E-state index contributed by atoms with van der Waals surface area (Å²) in [4.78, 5) is 11.7. The molecule has 5 heteroatoms. The summed E-state index contributed by atoms with van der Waals surface area (Å²) in [5.74, 6) is 0.865. The fraction of sp³-hybridized carbons (Fsp3) is 0.400. The minimum Gasteiger partial charge on any atom is -0.396 e. The van der Waals surface area contributed by atoms with Gasteiger partial charge in [0.05, 0.1) is 14.8 Å². The summed E-state index contributed by atoms with van der Waals surface area (Å²) in [6, 6.07) is 2.06. The van der Waals surface area contributed by atoms with E-state index in [1.807, 2.05) is 0 Å². The average Bonchev–Trinajstić information content (AvgIpc) is 2.52. The lowest BCUT2D eigenvalue weighted by atomic mass is 10.2. The van der Waals surface area contributed by atoms with Crippen molar-refractivity contribution < 1.29 is 4.79 Å². The van der Waals surface area contributed by atoms with Crippen LogP contribution in [0.25, 0.3) is 0 Å². The van der Waals surface area contributed by atoms with E-state index in [4.69, 9.17) is 11.0 Å². The molecule has 1 rings (SSSR count). The Bertz CT molecular complexity index is 418. The SMILES string of the molecule is CCCSc1sc(C(C)=O)c(N)c1C#N. The maximum Gasteiger partial charge on any atom is 0.171 e. The molecule has 2 N–H and O–H groups in total. The summed E-state index contributed by atoms with van der Waals surface area (Å²) in [6.07, 6.45) is 1.03. The maximum absolute atomic E-state index is 11.2. The van der Waals surface area contributed by atoms with Crippen LogP contribution in [0.1, 0.15) is 35.5 Å². The number of Topliss-reactive ketones (excluding diaryl/α,β-unsaturated/α-hetero) is 1. The van der Waals surface area contributed by atoms with Crippen LogP contribution in [0.15, 0.2) is 4.21 Å². The quantitative estimate of drug-likeness (QED) is 0.649. The molecule has 1 aromatic rings. The predicted octanol–water partition coefficient (Wildman–Crippen LogP) is 2.91. The lowest BCUT2D eigenvalue weighted by Crippen LogP contribution is -1.95. The highest BCUT2D eigenvalue weighted by Gasteiger charge is 2.18. The van der Waals surface area contributed by atoms with Gasteiger partial charge in [0.25, 0.3) is 0 Å². The van der Waals surface area contributed by atoms with E-state index in [9.17, 15) is 4.79 Å². The van der Waals surface area contributed by atoms with Crippen LogP contribution in [0.2, 0.25) is 0 Å². The van der Waals surface area contributed by atoms with Crippen LogP contribution < -0.4 is 5.73 Å². The van der Waals surface area contributed by atoms with Crippen molar-refractivity contribution in [3.05, 3.63) is 10.4 Å². The first-order valence-electron chi connectivity index (χ1n) is 4.57. The van der Waals surface area contributed by atoms with E-state index in [1.54, 1.807) is 11.8 Å². The normalized spacial score (nSPS) is 9.93. The fourth-order valence-electron chi connectivity index (χ4n) is 1.09. The first-order chi connectivity index (χ1) is 7.11. The van der Waals surface area contributed by atoms with E-state index in [0.29, 0.717) is 16.1 Å². The molecule has 1 heterocycles. The Kier molecular flexibility index (Phi) is 4.18. The number of thiophene rings is 1. The van der Waals surface area contributed by atoms with Gasteiger partial charge in [0.15, 0.2) is 5.78 Å². The Balaban J connectivity index is 3.11. The second-order valence-corrected chi connectivity index (χ2v) is 5.41. The molecule has 0 aliphatic carbocycles. The average molecular weight is 240 g/mol. The molecule has 0 spiro atoms. The van der Waals surface area contributed by atoms with Gasteiger partial charge < -0.3 is 5.73 Å². The molecule has 3 nitrogen and oxygen atoms in total. The molecule has 0 aromatic carbocycles. The van der Waals surface area contributed by atoms with Crippen LogP contribution in [0.3, 0.4) is 0 Å². The number of nitrogen functional groups attached to an aromatic ring is 1. The third-order valence-corrected chi connectivity index (χ3v) is 4.56. The predicted molar refractivity (Wildman–Crippen MR) is 64.5 cm³/mol. The molecule has 0 saturated heterocycles. The van der Waals surface area contributed by atoms with Crippen molar-refractivity contribution in [3.63, 3.8) is 0 Å². The van der Waals surface area contributed by atoms with Gasteiger partial charge in [-0.05, 0) is 12.2 Å². The third-order valence-electron chi connectivity index (χ3n) is 1.78. The minimum atomic E-state index is -0.0719. The number of nitrogens with two attached hydrogens (primary N) is 1. The topological polar surface area (TPSA) is 66.9 Å². The molecule has 0 aliphatic heterocycles. The molecule has 0 unspecified atom stereocenters. The number of rotatable bonds is 4. The summed E-state index contributed by atoms with van der Waals surface area (Å²) in [7, 11) is 0. The van der Waals surface area contributed by atoms with Crippen LogP contribution in [-0.2, 0) is 0 Å². The third kappa shape index (κ3) is 2.52. The molecule has 0 atom stereocenters. The zero-order valence-corrected chi connectivity index (χ0v) is 10.3. The van der Waals surface area contributed by atoms with E-state index < -0.39 is 0 Å². The van der Waals surface area contributed by atoms with Gasteiger partial charge in [0, 0.05) is 6.92 Å². The molecule has 0 aliphatic rings. The zero-order chi connectivity index (χ0) is 11.4. The number of thioether (sulfide) groups is 1.